The van der Waals surface area contributed by atoms with Gasteiger partial charge in [0, 0.05) is 27.0 Å². The van der Waals surface area contributed by atoms with E-state index in [1.54, 1.807) is 12.1 Å². The highest BCUT2D eigenvalue weighted by molar-refractivity contribution is 9.10. The van der Waals surface area contributed by atoms with Crippen molar-refractivity contribution in [3.8, 4) is 0 Å². The van der Waals surface area contributed by atoms with Gasteiger partial charge in [0.25, 0.3) is 0 Å². The number of pyridine rings is 1. The minimum absolute atomic E-state index is 0.456. The van der Waals surface area contributed by atoms with Gasteiger partial charge in [0.15, 0.2) is 0 Å². The van der Waals surface area contributed by atoms with E-state index in [1.807, 2.05) is 42.5 Å². The van der Waals surface area contributed by atoms with Crippen LogP contribution in [-0.2, 0) is 6.42 Å². The van der Waals surface area contributed by atoms with Gasteiger partial charge in [-0.25, -0.2) is 0 Å². The molecule has 106 valence electrons. The average Bonchev–Trinajstić information content (AvgIpc) is 2.46. The molecule has 1 N–H and O–H groups in total. The van der Waals surface area contributed by atoms with Crippen LogP contribution in [0.25, 0.3) is 10.9 Å². The van der Waals surface area contributed by atoms with E-state index in [1.165, 1.54) is 0 Å². The molecule has 2 aromatic carbocycles. The molecule has 0 bridgehead atoms. The third kappa shape index (κ3) is 3.43. The number of hydrogen-bond acceptors (Lipinski definition) is 2. The number of hydrogen-bond donors (Lipinski definition) is 1. The summed E-state index contributed by atoms with van der Waals surface area (Å²) in [6.45, 7) is 0. The number of aliphatic hydroxyl groups is 1. The monoisotopic (exact) mass is 361 g/mol. The Balaban J connectivity index is 1.86. The molecule has 0 radical (unpaired) electrons. The Bertz CT molecular complexity index is 770. The lowest BCUT2D eigenvalue weighted by Crippen LogP contribution is -2.03. The highest BCUT2D eigenvalue weighted by Crippen LogP contribution is 2.26. The Kier molecular flexibility index (Phi) is 4.24. The summed E-state index contributed by atoms with van der Waals surface area (Å²) < 4.78 is 0.857. The predicted molar refractivity (Wildman–Crippen MR) is 89.6 cm³/mol. The van der Waals surface area contributed by atoms with E-state index in [9.17, 15) is 5.11 Å². The Morgan fingerprint density at radius 3 is 2.71 bits per heavy atom. The minimum atomic E-state index is -0.631. The van der Waals surface area contributed by atoms with Gasteiger partial charge in [0.1, 0.15) is 0 Å². The number of aliphatic hydroxyl groups excluding tert-OH is 1. The van der Waals surface area contributed by atoms with Crippen molar-refractivity contribution in [1.82, 2.24) is 4.98 Å². The van der Waals surface area contributed by atoms with Crippen molar-refractivity contribution in [2.45, 2.75) is 12.5 Å². The second-order valence-corrected chi connectivity index (χ2v) is 6.27. The van der Waals surface area contributed by atoms with Crippen molar-refractivity contribution < 1.29 is 5.11 Å². The normalized spacial score (nSPS) is 12.5. The van der Waals surface area contributed by atoms with Gasteiger partial charge in [-0.3, -0.25) is 4.98 Å². The van der Waals surface area contributed by atoms with Crippen LogP contribution in [-0.4, -0.2) is 10.1 Å². The van der Waals surface area contributed by atoms with E-state index in [0.717, 1.165) is 26.6 Å². The largest absolute Gasteiger partial charge is 0.388 e. The van der Waals surface area contributed by atoms with Crippen molar-refractivity contribution in [3.05, 3.63) is 75.4 Å². The first kappa shape index (κ1) is 14.5. The maximum absolute atomic E-state index is 10.4. The zero-order chi connectivity index (χ0) is 14.8. The third-order valence-electron chi connectivity index (χ3n) is 3.33. The van der Waals surface area contributed by atoms with Crippen LogP contribution in [0.1, 0.15) is 17.4 Å². The molecule has 1 aromatic heterocycles. The van der Waals surface area contributed by atoms with Crippen molar-refractivity contribution in [2.75, 3.05) is 0 Å². The van der Waals surface area contributed by atoms with Crippen molar-refractivity contribution >= 4 is 38.4 Å². The topological polar surface area (TPSA) is 33.1 Å². The number of rotatable bonds is 3. The standard InChI is InChI=1S/C17H13BrClNO/c18-13-7-12(8-14(19)9-13)17(21)10-15-6-5-11-3-1-2-4-16(11)20-15/h1-9,17,21H,10H2. The first-order chi connectivity index (χ1) is 10.1. The summed E-state index contributed by atoms with van der Waals surface area (Å²) in [6, 6.07) is 17.4. The summed E-state index contributed by atoms with van der Waals surface area (Å²) in [5.74, 6) is 0. The fraction of sp³-hybridized carbons (Fsp3) is 0.118. The van der Waals surface area contributed by atoms with E-state index < -0.39 is 6.10 Å². The summed E-state index contributed by atoms with van der Waals surface area (Å²) in [5.41, 5.74) is 2.58. The SMILES string of the molecule is OC(Cc1ccc2ccccc2n1)c1cc(Cl)cc(Br)c1. The molecule has 1 unspecified atom stereocenters. The number of aromatic nitrogens is 1. The van der Waals surface area contributed by atoms with E-state index >= 15 is 0 Å². The molecular formula is C17H13BrClNO. The Morgan fingerprint density at radius 1 is 1.10 bits per heavy atom. The van der Waals surface area contributed by atoms with Crippen LogP contribution in [0.4, 0.5) is 0 Å². The molecule has 0 aliphatic rings. The number of nitrogens with zero attached hydrogens (tertiary/aromatic N) is 1. The van der Waals surface area contributed by atoms with E-state index in [2.05, 4.69) is 20.9 Å². The third-order valence-corrected chi connectivity index (χ3v) is 4.00. The van der Waals surface area contributed by atoms with Crippen LogP contribution in [0.15, 0.2) is 59.1 Å². The minimum Gasteiger partial charge on any atom is -0.388 e. The highest BCUT2D eigenvalue weighted by atomic mass is 79.9. The van der Waals surface area contributed by atoms with E-state index in [0.29, 0.717) is 11.4 Å². The molecule has 0 saturated heterocycles. The van der Waals surface area contributed by atoms with Crippen LogP contribution in [0, 0.1) is 0 Å². The first-order valence-electron chi connectivity index (χ1n) is 6.60. The predicted octanol–water partition coefficient (Wildman–Crippen LogP) is 4.93. The second kappa shape index (κ2) is 6.14. The van der Waals surface area contributed by atoms with Gasteiger partial charge < -0.3 is 5.11 Å². The first-order valence-corrected chi connectivity index (χ1v) is 7.77. The van der Waals surface area contributed by atoms with Crippen molar-refractivity contribution in [2.24, 2.45) is 0 Å². The molecule has 0 amide bonds. The Hall–Kier alpha value is -1.42. The summed E-state index contributed by atoms with van der Waals surface area (Å²) >= 11 is 9.41. The van der Waals surface area contributed by atoms with Crippen molar-refractivity contribution in [1.29, 1.82) is 0 Å². The zero-order valence-electron chi connectivity index (χ0n) is 11.1. The molecule has 0 spiro atoms. The molecule has 1 atom stereocenters. The van der Waals surface area contributed by atoms with Crippen LogP contribution in [0.5, 0.6) is 0 Å². The lowest BCUT2D eigenvalue weighted by atomic mass is 10.0. The summed E-state index contributed by atoms with van der Waals surface area (Å²) in [6.07, 6.45) is -0.175. The van der Waals surface area contributed by atoms with Gasteiger partial charge in [-0.05, 0) is 35.9 Å². The molecular weight excluding hydrogens is 350 g/mol. The number of benzene rings is 2. The summed E-state index contributed by atoms with van der Waals surface area (Å²) in [5, 5.41) is 12.1. The maximum Gasteiger partial charge on any atom is 0.0846 e. The molecule has 4 heteroatoms. The van der Waals surface area contributed by atoms with Gasteiger partial charge in [0.2, 0.25) is 0 Å². The van der Waals surface area contributed by atoms with E-state index in [4.69, 9.17) is 11.6 Å². The molecule has 3 aromatic rings. The Labute approximate surface area is 136 Å². The average molecular weight is 363 g/mol. The molecule has 0 aliphatic carbocycles. The molecule has 21 heavy (non-hydrogen) atoms. The number of halogens is 2. The molecule has 2 nitrogen and oxygen atoms in total. The second-order valence-electron chi connectivity index (χ2n) is 4.92. The lowest BCUT2D eigenvalue weighted by molar-refractivity contribution is 0.177. The summed E-state index contributed by atoms with van der Waals surface area (Å²) in [7, 11) is 0. The van der Waals surface area contributed by atoms with Gasteiger partial charge in [-0.1, -0.05) is 51.8 Å². The molecule has 3 rings (SSSR count). The highest BCUT2D eigenvalue weighted by Gasteiger charge is 2.11. The lowest BCUT2D eigenvalue weighted by Gasteiger charge is -2.12. The number of fused-ring (bicyclic) bond motifs is 1. The van der Waals surface area contributed by atoms with Gasteiger partial charge in [-0.15, -0.1) is 0 Å². The molecule has 0 saturated carbocycles. The Morgan fingerprint density at radius 2 is 1.90 bits per heavy atom. The fourth-order valence-corrected chi connectivity index (χ4v) is 3.19. The van der Waals surface area contributed by atoms with Gasteiger partial charge in [-0.2, -0.15) is 0 Å². The molecule has 0 aliphatic heterocycles. The van der Waals surface area contributed by atoms with Crippen molar-refractivity contribution in [3.63, 3.8) is 0 Å². The van der Waals surface area contributed by atoms with Gasteiger partial charge in [0.05, 0.1) is 11.6 Å². The quantitative estimate of drug-likeness (QED) is 0.717. The smallest absolute Gasteiger partial charge is 0.0846 e. The maximum atomic E-state index is 10.4. The van der Waals surface area contributed by atoms with Crippen LogP contribution in [0.2, 0.25) is 5.02 Å². The van der Waals surface area contributed by atoms with E-state index in [-0.39, 0.29) is 0 Å². The van der Waals surface area contributed by atoms with Gasteiger partial charge >= 0.3 is 0 Å². The number of para-hydroxylation sites is 1. The summed E-state index contributed by atoms with van der Waals surface area (Å²) in [4.78, 5) is 4.58. The van der Waals surface area contributed by atoms with Crippen LogP contribution >= 0.6 is 27.5 Å². The molecule has 1 heterocycles. The van der Waals surface area contributed by atoms with Crippen LogP contribution in [0.3, 0.4) is 0 Å². The van der Waals surface area contributed by atoms with Crippen LogP contribution < -0.4 is 0 Å². The molecule has 0 fully saturated rings. The zero-order valence-corrected chi connectivity index (χ0v) is 13.5. The fourth-order valence-electron chi connectivity index (χ4n) is 2.31.